The number of carbonyl (C=O) groups excluding carboxylic acids is 2. The van der Waals surface area contributed by atoms with Crippen LogP contribution in [-0.2, 0) is 16.4 Å². The highest BCUT2D eigenvalue weighted by Crippen LogP contribution is 2.24. The Bertz CT molecular complexity index is 1070. The van der Waals surface area contributed by atoms with Gasteiger partial charge >= 0.3 is 6.03 Å². The highest BCUT2D eigenvalue weighted by molar-refractivity contribution is 7.89. The van der Waals surface area contributed by atoms with Gasteiger partial charge in [-0.3, -0.25) is 14.1 Å². The maximum Gasteiger partial charge on any atom is 0.322 e. The fraction of sp³-hybridized carbons (Fsp3) is 0.550. The molecule has 11 heteroatoms. The quantitative estimate of drug-likeness (QED) is 0.711. The molecule has 0 aromatic carbocycles. The largest absolute Gasteiger partial charge is 0.338 e. The van der Waals surface area contributed by atoms with Gasteiger partial charge in [0.15, 0.2) is 0 Å². The van der Waals surface area contributed by atoms with Crippen molar-refractivity contribution in [1.82, 2.24) is 23.9 Å². The molecule has 0 spiro atoms. The Morgan fingerprint density at radius 2 is 1.81 bits per heavy atom. The van der Waals surface area contributed by atoms with Crippen molar-refractivity contribution < 1.29 is 18.0 Å². The number of carbonyl (C=O) groups is 2. The van der Waals surface area contributed by atoms with E-state index in [0.717, 1.165) is 5.69 Å². The van der Waals surface area contributed by atoms with Gasteiger partial charge in [-0.05, 0) is 32.4 Å². The van der Waals surface area contributed by atoms with Crippen LogP contribution in [0.1, 0.15) is 36.8 Å². The number of urea groups is 1. The van der Waals surface area contributed by atoms with E-state index in [1.165, 1.54) is 9.21 Å². The van der Waals surface area contributed by atoms with Crippen LogP contribution in [0, 0.1) is 0 Å². The molecule has 3 amide bonds. The number of imidazole rings is 1. The number of hydrogen-bond donors (Lipinski definition) is 1. The van der Waals surface area contributed by atoms with E-state index >= 15 is 0 Å². The van der Waals surface area contributed by atoms with Gasteiger partial charge in [0.2, 0.25) is 10.0 Å². The van der Waals surface area contributed by atoms with Gasteiger partial charge in [-0.1, -0.05) is 6.92 Å². The SMILES string of the molecule is CCNC(=O)N(C)c1c(CC)nc2ccc(C(=O)N3CCN(S(=O)(=O)CC)CC3)cn12. The Balaban J connectivity index is 1.87. The van der Waals surface area contributed by atoms with E-state index in [9.17, 15) is 18.0 Å². The molecule has 1 aliphatic heterocycles. The van der Waals surface area contributed by atoms with Gasteiger partial charge in [0.1, 0.15) is 11.5 Å². The number of rotatable bonds is 6. The van der Waals surface area contributed by atoms with Crippen LogP contribution in [-0.4, -0.2) is 84.5 Å². The summed E-state index contributed by atoms with van der Waals surface area (Å²) in [6.45, 7) is 7.20. The molecule has 170 valence electrons. The second-order valence-corrected chi connectivity index (χ2v) is 9.63. The van der Waals surface area contributed by atoms with E-state index in [2.05, 4.69) is 10.3 Å². The lowest BCUT2D eigenvalue weighted by Gasteiger charge is -2.33. The Hall–Kier alpha value is -2.66. The van der Waals surface area contributed by atoms with Gasteiger partial charge in [0.25, 0.3) is 5.91 Å². The number of amides is 3. The number of aryl methyl sites for hydroxylation is 1. The average Bonchev–Trinajstić information content (AvgIpc) is 3.16. The minimum absolute atomic E-state index is 0.0555. The number of nitrogens with zero attached hydrogens (tertiary/aromatic N) is 5. The van der Waals surface area contributed by atoms with E-state index in [1.54, 1.807) is 41.6 Å². The Labute approximate surface area is 182 Å². The highest BCUT2D eigenvalue weighted by atomic mass is 32.2. The first kappa shape index (κ1) is 23.0. The van der Waals surface area contributed by atoms with Crippen molar-refractivity contribution in [3.8, 4) is 0 Å². The van der Waals surface area contributed by atoms with Crippen LogP contribution in [0.25, 0.3) is 5.65 Å². The monoisotopic (exact) mass is 450 g/mol. The molecule has 1 fully saturated rings. The summed E-state index contributed by atoms with van der Waals surface area (Å²) < 4.78 is 27.3. The molecule has 2 aromatic rings. The van der Waals surface area contributed by atoms with Crippen molar-refractivity contribution >= 4 is 33.4 Å². The van der Waals surface area contributed by atoms with Crippen molar-refractivity contribution in [2.75, 3.05) is 50.4 Å². The number of aromatic nitrogens is 2. The molecule has 0 aliphatic carbocycles. The van der Waals surface area contributed by atoms with Gasteiger partial charge in [-0.25, -0.2) is 18.2 Å². The Kier molecular flexibility index (Phi) is 6.85. The zero-order chi connectivity index (χ0) is 22.8. The highest BCUT2D eigenvalue weighted by Gasteiger charge is 2.28. The van der Waals surface area contributed by atoms with Crippen LogP contribution in [0.4, 0.5) is 10.6 Å². The Morgan fingerprint density at radius 1 is 1.13 bits per heavy atom. The van der Waals surface area contributed by atoms with Crippen LogP contribution in [0.3, 0.4) is 0 Å². The molecular weight excluding hydrogens is 420 g/mol. The molecule has 3 rings (SSSR count). The van der Waals surface area contributed by atoms with Gasteiger partial charge in [-0.15, -0.1) is 0 Å². The van der Waals surface area contributed by atoms with E-state index < -0.39 is 10.0 Å². The van der Waals surface area contributed by atoms with Crippen molar-refractivity contribution in [1.29, 1.82) is 0 Å². The third kappa shape index (κ3) is 4.52. The number of sulfonamides is 1. The molecule has 10 nitrogen and oxygen atoms in total. The lowest BCUT2D eigenvalue weighted by Crippen LogP contribution is -2.50. The number of piperazine rings is 1. The number of nitrogens with one attached hydrogen (secondary N) is 1. The third-order valence-corrected chi connectivity index (χ3v) is 7.36. The molecule has 0 atom stereocenters. The zero-order valence-electron chi connectivity index (χ0n) is 18.5. The summed E-state index contributed by atoms with van der Waals surface area (Å²) in [5.74, 6) is 0.505. The molecule has 31 heavy (non-hydrogen) atoms. The fourth-order valence-corrected chi connectivity index (χ4v) is 4.79. The normalized spacial score (nSPS) is 15.3. The van der Waals surface area contributed by atoms with E-state index in [4.69, 9.17) is 0 Å². The van der Waals surface area contributed by atoms with Crippen LogP contribution < -0.4 is 10.2 Å². The van der Waals surface area contributed by atoms with E-state index in [-0.39, 0.29) is 17.7 Å². The zero-order valence-corrected chi connectivity index (χ0v) is 19.3. The molecular formula is C20H30N6O4S. The van der Waals surface area contributed by atoms with Crippen LogP contribution >= 0.6 is 0 Å². The lowest BCUT2D eigenvalue weighted by atomic mass is 10.2. The molecule has 1 N–H and O–H groups in total. The smallest absolute Gasteiger partial charge is 0.322 e. The van der Waals surface area contributed by atoms with Gasteiger partial charge < -0.3 is 10.2 Å². The van der Waals surface area contributed by atoms with Crippen LogP contribution in [0.2, 0.25) is 0 Å². The molecule has 0 radical (unpaired) electrons. The molecule has 1 aliphatic rings. The molecule has 0 saturated carbocycles. The summed E-state index contributed by atoms with van der Waals surface area (Å²) >= 11 is 0. The summed E-state index contributed by atoms with van der Waals surface area (Å²) in [5.41, 5.74) is 1.88. The van der Waals surface area contributed by atoms with Crippen molar-refractivity contribution in [2.45, 2.75) is 27.2 Å². The predicted molar refractivity (Wildman–Crippen MR) is 119 cm³/mol. The second kappa shape index (κ2) is 9.23. The van der Waals surface area contributed by atoms with Gasteiger partial charge in [-0.2, -0.15) is 4.31 Å². The Morgan fingerprint density at radius 3 is 2.39 bits per heavy atom. The molecule has 2 aromatic heterocycles. The average molecular weight is 451 g/mol. The van der Waals surface area contributed by atoms with E-state index in [1.807, 2.05) is 13.8 Å². The molecule has 0 unspecified atom stereocenters. The fourth-order valence-electron chi connectivity index (χ4n) is 3.70. The predicted octanol–water partition coefficient (Wildman–Crippen LogP) is 1.17. The topological polar surface area (TPSA) is 107 Å². The van der Waals surface area contributed by atoms with E-state index in [0.29, 0.717) is 56.2 Å². The first-order valence-corrected chi connectivity index (χ1v) is 12.1. The number of pyridine rings is 1. The van der Waals surface area contributed by atoms with Crippen molar-refractivity contribution in [3.63, 3.8) is 0 Å². The summed E-state index contributed by atoms with van der Waals surface area (Å²) in [4.78, 5) is 33.3. The van der Waals surface area contributed by atoms with Gasteiger partial charge in [0, 0.05) is 46.0 Å². The summed E-state index contributed by atoms with van der Waals surface area (Å²) in [5, 5.41) is 2.78. The maximum atomic E-state index is 13.1. The van der Waals surface area contributed by atoms with Crippen LogP contribution in [0.15, 0.2) is 18.3 Å². The number of fused-ring (bicyclic) bond motifs is 1. The molecule has 1 saturated heterocycles. The summed E-state index contributed by atoms with van der Waals surface area (Å²) in [7, 11) is -1.58. The van der Waals surface area contributed by atoms with Crippen LogP contribution in [0.5, 0.6) is 0 Å². The summed E-state index contributed by atoms with van der Waals surface area (Å²) in [6.07, 6.45) is 2.34. The van der Waals surface area contributed by atoms with Gasteiger partial charge in [0.05, 0.1) is 17.0 Å². The first-order valence-electron chi connectivity index (χ1n) is 10.5. The minimum Gasteiger partial charge on any atom is -0.338 e. The molecule has 3 heterocycles. The van der Waals surface area contributed by atoms with Crippen molar-refractivity contribution in [3.05, 3.63) is 29.6 Å². The maximum absolute atomic E-state index is 13.1. The third-order valence-electron chi connectivity index (χ3n) is 5.48. The standard InChI is InChI=1S/C20H30N6O4S/c1-5-16-18(23(4)20(28)21-6-2)26-14-15(8-9-17(26)22-16)19(27)24-10-12-25(13-11-24)31(29,30)7-3/h8-9,14H,5-7,10-13H2,1-4H3,(H,21,28). The number of anilines is 1. The van der Waals surface area contributed by atoms with Crippen molar-refractivity contribution in [2.24, 2.45) is 0 Å². The lowest BCUT2D eigenvalue weighted by molar-refractivity contribution is 0.0697. The summed E-state index contributed by atoms with van der Waals surface area (Å²) in [6, 6.07) is 3.23. The number of hydrogen-bond acceptors (Lipinski definition) is 5. The first-order chi connectivity index (χ1) is 14.7. The minimum atomic E-state index is -3.25. The molecule has 0 bridgehead atoms. The second-order valence-electron chi connectivity index (χ2n) is 7.37.